The molecule has 2 amide bonds. The molecular formula is C22H32N6O2. The Hall–Kier alpha value is -2.38. The summed E-state index contributed by atoms with van der Waals surface area (Å²) in [6.45, 7) is 5.73. The number of primary amides is 1. The molecule has 4 aliphatic heterocycles. The van der Waals surface area contributed by atoms with Crippen molar-refractivity contribution in [3.8, 4) is 0 Å². The van der Waals surface area contributed by atoms with Gasteiger partial charge in [-0.05, 0) is 44.4 Å². The number of fused-ring (bicyclic) bond motifs is 4. The molecule has 0 saturated carbocycles. The Labute approximate surface area is 177 Å². The van der Waals surface area contributed by atoms with Crippen LogP contribution >= 0.6 is 0 Å². The van der Waals surface area contributed by atoms with Gasteiger partial charge in [0.15, 0.2) is 0 Å². The van der Waals surface area contributed by atoms with Crippen molar-refractivity contribution in [2.45, 2.75) is 64.0 Å². The molecule has 0 aromatic carbocycles. The number of rotatable bonds is 4. The van der Waals surface area contributed by atoms with Crippen LogP contribution in [0.5, 0.6) is 0 Å². The van der Waals surface area contributed by atoms with Crippen LogP contribution in [0.15, 0.2) is 6.07 Å². The Bertz CT molecular complexity index is 839. The van der Waals surface area contributed by atoms with E-state index in [2.05, 4.69) is 22.8 Å². The van der Waals surface area contributed by atoms with Crippen molar-refractivity contribution in [2.24, 2.45) is 17.6 Å². The Balaban J connectivity index is 1.47. The van der Waals surface area contributed by atoms with Crippen molar-refractivity contribution in [1.82, 2.24) is 14.9 Å². The lowest BCUT2D eigenvalue weighted by Crippen LogP contribution is -2.68. The van der Waals surface area contributed by atoms with Crippen LogP contribution in [0.25, 0.3) is 0 Å². The van der Waals surface area contributed by atoms with E-state index in [4.69, 9.17) is 15.7 Å². The van der Waals surface area contributed by atoms with Crippen LogP contribution in [-0.4, -0.2) is 64.9 Å². The van der Waals surface area contributed by atoms with E-state index in [0.717, 1.165) is 62.8 Å². The Morgan fingerprint density at radius 3 is 2.63 bits per heavy atom. The number of aryl methyl sites for hydroxylation is 1. The second-order valence-electron chi connectivity index (χ2n) is 9.33. The smallest absolute Gasteiger partial charge is 0.240 e. The van der Waals surface area contributed by atoms with E-state index in [1.807, 2.05) is 4.90 Å². The molecule has 0 unspecified atom stereocenters. The quantitative estimate of drug-likeness (QED) is 0.802. The van der Waals surface area contributed by atoms with Crippen molar-refractivity contribution in [2.75, 3.05) is 36.0 Å². The molecule has 4 saturated heterocycles. The van der Waals surface area contributed by atoms with Gasteiger partial charge >= 0.3 is 0 Å². The van der Waals surface area contributed by atoms with Crippen LogP contribution < -0.4 is 15.5 Å². The molecule has 5 rings (SSSR count). The number of hydrogen-bond acceptors (Lipinski definition) is 6. The number of nitrogens with zero attached hydrogens (tertiary/aromatic N) is 5. The van der Waals surface area contributed by atoms with Crippen LogP contribution in [0.4, 0.5) is 11.8 Å². The number of carbonyl (C=O) groups excluding carboxylic acids is 2. The van der Waals surface area contributed by atoms with Gasteiger partial charge in [-0.2, -0.15) is 4.98 Å². The first-order valence-corrected chi connectivity index (χ1v) is 11.5. The number of amides is 2. The summed E-state index contributed by atoms with van der Waals surface area (Å²) in [7, 11) is 0. The standard InChI is InChI=1S/C22H32N6O2/c1-2-16-11-18(25-22(24-16)26-8-3-4-9-26)27-12-14-10-15(13-27)20(21(23)30)28-17(14)6-5-7-19(28)29/h11,14-15,17,20H,2-10,12-13H2,1H3,(H2,23,30)/t14-,15+,17-,20+/m0/s1. The van der Waals surface area contributed by atoms with Crippen molar-refractivity contribution >= 4 is 23.6 Å². The third kappa shape index (κ3) is 3.30. The van der Waals surface area contributed by atoms with Gasteiger partial charge in [-0.1, -0.05) is 6.92 Å². The lowest BCUT2D eigenvalue weighted by Gasteiger charge is -2.55. The number of hydrogen-bond donors (Lipinski definition) is 1. The van der Waals surface area contributed by atoms with Gasteiger partial charge in [0, 0.05) is 56.3 Å². The lowest BCUT2D eigenvalue weighted by molar-refractivity contribution is -0.155. The fourth-order valence-corrected chi connectivity index (χ4v) is 6.08. The van der Waals surface area contributed by atoms with E-state index < -0.39 is 6.04 Å². The van der Waals surface area contributed by atoms with E-state index in [9.17, 15) is 9.59 Å². The summed E-state index contributed by atoms with van der Waals surface area (Å²) in [5, 5.41) is 0. The molecular weight excluding hydrogens is 380 g/mol. The number of piperidine rings is 3. The average molecular weight is 413 g/mol. The monoisotopic (exact) mass is 412 g/mol. The van der Waals surface area contributed by atoms with Crippen LogP contribution in [0, 0.1) is 11.8 Å². The molecule has 4 atom stereocenters. The molecule has 30 heavy (non-hydrogen) atoms. The molecule has 0 aliphatic carbocycles. The SMILES string of the molecule is CCc1cc(N2C[C@@H]3C[C@H](C2)[C@H](C(N)=O)N2C(=O)CCC[C@@H]32)nc(N2CCCC2)n1. The molecule has 162 valence electrons. The maximum atomic E-state index is 12.7. The minimum Gasteiger partial charge on any atom is -0.368 e. The predicted molar refractivity (Wildman–Crippen MR) is 114 cm³/mol. The Morgan fingerprint density at radius 1 is 1.13 bits per heavy atom. The van der Waals surface area contributed by atoms with Crippen molar-refractivity contribution in [3.05, 3.63) is 11.8 Å². The first-order valence-electron chi connectivity index (χ1n) is 11.5. The maximum absolute atomic E-state index is 12.7. The predicted octanol–water partition coefficient (Wildman–Crippen LogP) is 1.33. The fourth-order valence-electron chi connectivity index (χ4n) is 6.08. The highest BCUT2D eigenvalue weighted by atomic mass is 16.2. The summed E-state index contributed by atoms with van der Waals surface area (Å²) in [5.74, 6) is 1.95. The molecule has 2 N–H and O–H groups in total. The number of aromatic nitrogens is 2. The van der Waals surface area contributed by atoms with E-state index in [1.54, 1.807) is 0 Å². The molecule has 5 heterocycles. The maximum Gasteiger partial charge on any atom is 0.240 e. The van der Waals surface area contributed by atoms with Crippen molar-refractivity contribution < 1.29 is 9.59 Å². The molecule has 1 aromatic heterocycles. The van der Waals surface area contributed by atoms with Crippen LogP contribution in [0.3, 0.4) is 0 Å². The highest BCUT2D eigenvalue weighted by Gasteiger charge is 2.51. The van der Waals surface area contributed by atoms with Gasteiger partial charge in [0.1, 0.15) is 11.9 Å². The van der Waals surface area contributed by atoms with Crippen LogP contribution in [0.2, 0.25) is 0 Å². The van der Waals surface area contributed by atoms with E-state index >= 15 is 0 Å². The largest absolute Gasteiger partial charge is 0.368 e. The first kappa shape index (κ1) is 19.6. The van der Waals surface area contributed by atoms with Crippen LogP contribution in [-0.2, 0) is 16.0 Å². The second kappa shape index (κ2) is 7.71. The Morgan fingerprint density at radius 2 is 1.90 bits per heavy atom. The summed E-state index contributed by atoms with van der Waals surface area (Å²) >= 11 is 0. The number of anilines is 2. The molecule has 0 radical (unpaired) electrons. The zero-order valence-electron chi connectivity index (χ0n) is 17.8. The van der Waals surface area contributed by atoms with Gasteiger partial charge < -0.3 is 20.4 Å². The van der Waals surface area contributed by atoms with E-state index in [-0.39, 0.29) is 23.8 Å². The summed E-state index contributed by atoms with van der Waals surface area (Å²) in [5.41, 5.74) is 6.88. The fraction of sp³-hybridized carbons (Fsp3) is 0.727. The summed E-state index contributed by atoms with van der Waals surface area (Å²) < 4.78 is 0. The molecule has 8 nitrogen and oxygen atoms in total. The second-order valence-corrected chi connectivity index (χ2v) is 9.33. The minimum absolute atomic E-state index is 0.0647. The third-order valence-electron chi connectivity index (χ3n) is 7.46. The summed E-state index contributed by atoms with van der Waals surface area (Å²) in [6.07, 6.45) is 6.61. The zero-order valence-corrected chi connectivity index (χ0v) is 17.8. The molecule has 1 aromatic rings. The van der Waals surface area contributed by atoms with E-state index in [1.165, 1.54) is 12.8 Å². The van der Waals surface area contributed by atoms with Gasteiger partial charge in [0.05, 0.1) is 0 Å². The van der Waals surface area contributed by atoms with Crippen LogP contribution in [0.1, 0.15) is 51.1 Å². The van der Waals surface area contributed by atoms with Gasteiger partial charge in [0.2, 0.25) is 17.8 Å². The average Bonchev–Trinajstić information content (AvgIpc) is 3.29. The van der Waals surface area contributed by atoms with Crippen molar-refractivity contribution in [3.63, 3.8) is 0 Å². The molecule has 0 spiro atoms. The summed E-state index contributed by atoms with van der Waals surface area (Å²) in [4.78, 5) is 41.3. The lowest BCUT2D eigenvalue weighted by atomic mass is 9.72. The summed E-state index contributed by atoms with van der Waals surface area (Å²) in [6, 6.07) is 1.73. The molecule has 4 aliphatic rings. The number of carbonyl (C=O) groups is 2. The van der Waals surface area contributed by atoms with Gasteiger partial charge in [-0.25, -0.2) is 4.98 Å². The van der Waals surface area contributed by atoms with Gasteiger partial charge in [-0.15, -0.1) is 0 Å². The minimum atomic E-state index is -0.493. The Kier molecular flexibility index (Phi) is 5.03. The third-order valence-corrected chi connectivity index (χ3v) is 7.46. The molecule has 2 bridgehead atoms. The topological polar surface area (TPSA) is 95.7 Å². The highest BCUT2D eigenvalue weighted by Crippen LogP contribution is 2.42. The number of nitrogens with two attached hydrogens (primary N) is 1. The normalized spacial score (nSPS) is 31.1. The van der Waals surface area contributed by atoms with Gasteiger partial charge in [0.25, 0.3) is 0 Å². The van der Waals surface area contributed by atoms with Crippen molar-refractivity contribution in [1.29, 1.82) is 0 Å². The molecule has 8 heteroatoms. The van der Waals surface area contributed by atoms with E-state index in [0.29, 0.717) is 18.9 Å². The zero-order chi connectivity index (χ0) is 20.8. The first-order chi connectivity index (χ1) is 14.5. The van der Waals surface area contributed by atoms with Gasteiger partial charge in [-0.3, -0.25) is 9.59 Å². The molecule has 4 fully saturated rings. The highest BCUT2D eigenvalue weighted by molar-refractivity contribution is 5.88.